The first-order valence-corrected chi connectivity index (χ1v) is 5.76. The summed E-state index contributed by atoms with van der Waals surface area (Å²) in [5.74, 6) is -0.127. The summed E-state index contributed by atoms with van der Waals surface area (Å²) in [5.41, 5.74) is 0.280. The molecular weight excluding hydrogens is 219 g/mol. The fourth-order valence-electron chi connectivity index (χ4n) is 1.72. The number of benzene rings is 1. The molecule has 0 bridgehead atoms. The predicted molar refractivity (Wildman–Crippen MR) is 65.5 cm³/mol. The minimum absolute atomic E-state index is 0.154. The summed E-state index contributed by atoms with van der Waals surface area (Å²) < 4.78 is 17.7. The molecule has 0 atom stereocenters. The van der Waals surface area contributed by atoms with Crippen LogP contribution in [0.3, 0.4) is 0 Å². The van der Waals surface area contributed by atoms with Crippen molar-refractivity contribution in [2.75, 3.05) is 13.7 Å². The molecular formula is C14H19FO2. The van der Waals surface area contributed by atoms with Crippen LogP contribution in [0.15, 0.2) is 24.3 Å². The van der Waals surface area contributed by atoms with E-state index < -0.39 is 5.41 Å². The highest BCUT2D eigenvalue weighted by molar-refractivity contribution is 5.89. The fourth-order valence-corrected chi connectivity index (χ4v) is 1.72. The van der Waals surface area contributed by atoms with E-state index in [2.05, 4.69) is 0 Å². The Morgan fingerprint density at radius 3 is 2.41 bits per heavy atom. The highest BCUT2D eigenvalue weighted by Crippen LogP contribution is 2.26. The Kier molecular flexibility index (Phi) is 4.82. The molecule has 0 aliphatic rings. The van der Waals surface area contributed by atoms with Crippen LogP contribution in [0.4, 0.5) is 4.39 Å². The molecule has 0 unspecified atom stereocenters. The number of Topliss-reactive ketones (excluding diaryl/α,β-unsaturated/α-hetero) is 1. The summed E-state index contributed by atoms with van der Waals surface area (Å²) in [4.78, 5) is 12.1. The minimum atomic E-state index is -0.568. The van der Waals surface area contributed by atoms with Crippen molar-refractivity contribution in [2.24, 2.45) is 0 Å². The first-order valence-electron chi connectivity index (χ1n) is 5.76. The number of hydrogen-bond acceptors (Lipinski definition) is 2. The summed E-state index contributed by atoms with van der Waals surface area (Å²) in [5, 5.41) is 0. The van der Waals surface area contributed by atoms with Crippen molar-refractivity contribution in [3.8, 4) is 0 Å². The lowest BCUT2D eigenvalue weighted by Gasteiger charge is -2.23. The van der Waals surface area contributed by atoms with Crippen LogP contribution in [0.25, 0.3) is 0 Å². The first kappa shape index (κ1) is 13.8. The van der Waals surface area contributed by atoms with Crippen molar-refractivity contribution in [3.05, 3.63) is 35.6 Å². The topological polar surface area (TPSA) is 26.3 Å². The van der Waals surface area contributed by atoms with Gasteiger partial charge in [-0.2, -0.15) is 0 Å². The van der Waals surface area contributed by atoms with Crippen LogP contribution >= 0.6 is 0 Å². The Morgan fingerprint density at radius 1 is 1.29 bits per heavy atom. The molecule has 0 heterocycles. The van der Waals surface area contributed by atoms with Gasteiger partial charge in [-0.1, -0.05) is 12.1 Å². The third kappa shape index (κ3) is 3.63. The maximum atomic E-state index is 12.8. The molecule has 0 fully saturated rings. The van der Waals surface area contributed by atoms with Crippen LogP contribution in [0.1, 0.15) is 32.3 Å². The molecule has 1 aromatic carbocycles. The van der Waals surface area contributed by atoms with Gasteiger partial charge >= 0.3 is 0 Å². The smallest absolute Gasteiger partial charge is 0.142 e. The average Bonchev–Trinajstić information content (AvgIpc) is 2.29. The average molecular weight is 238 g/mol. The van der Waals surface area contributed by atoms with Gasteiger partial charge in [0.2, 0.25) is 0 Å². The molecule has 17 heavy (non-hydrogen) atoms. The van der Waals surface area contributed by atoms with Gasteiger partial charge in [0.15, 0.2) is 0 Å². The van der Waals surface area contributed by atoms with E-state index in [9.17, 15) is 9.18 Å². The second-order valence-corrected chi connectivity index (χ2v) is 4.65. The van der Waals surface area contributed by atoms with Gasteiger partial charge < -0.3 is 4.74 Å². The van der Waals surface area contributed by atoms with Gasteiger partial charge in [-0.15, -0.1) is 0 Å². The molecule has 2 nitrogen and oxygen atoms in total. The lowest BCUT2D eigenvalue weighted by molar-refractivity contribution is -0.123. The van der Waals surface area contributed by atoms with Gasteiger partial charge in [0.25, 0.3) is 0 Å². The molecule has 0 saturated carbocycles. The number of carbonyl (C=O) groups excluding carboxylic acids is 1. The molecule has 0 amide bonds. The number of rotatable bonds is 6. The van der Waals surface area contributed by atoms with E-state index in [-0.39, 0.29) is 11.6 Å². The van der Waals surface area contributed by atoms with Crippen molar-refractivity contribution >= 4 is 5.78 Å². The number of carbonyl (C=O) groups is 1. The zero-order valence-electron chi connectivity index (χ0n) is 10.6. The lowest BCUT2D eigenvalue weighted by Crippen LogP contribution is -2.29. The molecule has 0 radical (unpaired) electrons. The van der Waals surface area contributed by atoms with E-state index in [4.69, 9.17) is 4.74 Å². The van der Waals surface area contributed by atoms with E-state index >= 15 is 0 Å². The van der Waals surface area contributed by atoms with Crippen molar-refractivity contribution in [1.82, 2.24) is 0 Å². The van der Waals surface area contributed by atoms with E-state index in [0.29, 0.717) is 13.0 Å². The third-order valence-electron chi connectivity index (χ3n) is 3.02. The van der Waals surface area contributed by atoms with Crippen LogP contribution in [-0.2, 0) is 14.9 Å². The Labute approximate surface area is 102 Å². The highest BCUT2D eigenvalue weighted by Gasteiger charge is 2.28. The molecule has 1 aromatic rings. The zero-order valence-corrected chi connectivity index (χ0v) is 10.6. The van der Waals surface area contributed by atoms with Crippen LogP contribution < -0.4 is 0 Å². The Bertz CT molecular complexity index is 368. The molecule has 0 aromatic heterocycles. The minimum Gasteiger partial charge on any atom is -0.385 e. The lowest BCUT2D eigenvalue weighted by atomic mass is 9.79. The van der Waals surface area contributed by atoms with Gasteiger partial charge in [0.05, 0.1) is 0 Å². The molecule has 1 rings (SSSR count). The Balaban J connectivity index is 2.72. The van der Waals surface area contributed by atoms with Crippen LogP contribution in [0.5, 0.6) is 0 Å². The normalized spacial score (nSPS) is 11.5. The number of methoxy groups -OCH3 is 1. The van der Waals surface area contributed by atoms with Crippen molar-refractivity contribution in [1.29, 1.82) is 0 Å². The molecule has 0 N–H and O–H groups in total. The second-order valence-electron chi connectivity index (χ2n) is 4.65. The molecule has 3 heteroatoms. The van der Waals surface area contributed by atoms with Gasteiger partial charge in [0.1, 0.15) is 11.6 Å². The third-order valence-corrected chi connectivity index (χ3v) is 3.02. The quantitative estimate of drug-likeness (QED) is 0.712. The van der Waals surface area contributed by atoms with Gasteiger partial charge in [-0.25, -0.2) is 4.39 Å². The molecule has 0 aliphatic heterocycles. The van der Waals surface area contributed by atoms with Gasteiger partial charge in [-0.3, -0.25) is 4.79 Å². The largest absolute Gasteiger partial charge is 0.385 e. The van der Waals surface area contributed by atoms with Gasteiger partial charge in [0, 0.05) is 25.6 Å². The van der Waals surface area contributed by atoms with Crippen molar-refractivity contribution in [2.45, 2.75) is 32.1 Å². The summed E-state index contributed by atoms with van der Waals surface area (Å²) >= 11 is 0. The van der Waals surface area contributed by atoms with Crippen LogP contribution in [-0.4, -0.2) is 19.5 Å². The Hall–Kier alpha value is -1.22. The number of ether oxygens (including phenoxy) is 1. The number of halogens is 1. The standard InChI is InChI=1S/C14H19FO2/c1-14(2,13(16)5-4-10-17-3)11-6-8-12(15)9-7-11/h6-9H,4-5,10H2,1-3H3. The predicted octanol–water partition coefficient (Wildman–Crippen LogP) is 3.10. The van der Waals surface area contributed by atoms with Crippen LogP contribution in [0.2, 0.25) is 0 Å². The summed E-state index contributed by atoms with van der Waals surface area (Å²) in [6, 6.07) is 6.12. The second kappa shape index (κ2) is 5.92. The fraction of sp³-hybridized carbons (Fsp3) is 0.500. The highest BCUT2D eigenvalue weighted by atomic mass is 19.1. The molecule has 0 aliphatic carbocycles. The van der Waals surface area contributed by atoms with E-state index in [1.807, 2.05) is 13.8 Å². The summed E-state index contributed by atoms with van der Waals surface area (Å²) in [7, 11) is 1.62. The van der Waals surface area contributed by atoms with E-state index in [0.717, 1.165) is 12.0 Å². The summed E-state index contributed by atoms with van der Waals surface area (Å²) in [6.45, 7) is 4.33. The number of hydrogen-bond donors (Lipinski definition) is 0. The SMILES string of the molecule is COCCCC(=O)C(C)(C)c1ccc(F)cc1. The maximum Gasteiger partial charge on any atom is 0.142 e. The van der Waals surface area contributed by atoms with Crippen molar-refractivity contribution in [3.63, 3.8) is 0 Å². The molecule has 0 spiro atoms. The van der Waals surface area contributed by atoms with E-state index in [1.165, 1.54) is 12.1 Å². The maximum absolute atomic E-state index is 12.8. The molecule has 0 saturated heterocycles. The van der Waals surface area contributed by atoms with Crippen LogP contribution in [0, 0.1) is 5.82 Å². The van der Waals surface area contributed by atoms with Gasteiger partial charge in [-0.05, 0) is 38.0 Å². The van der Waals surface area contributed by atoms with E-state index in [1.54, 1.807) is 19.2 Å². The first-order chi connectivity index (χ1) is 7.98. The Morgan fingerprint density at radius 2 is 1.88 bits per heavy atom. The number of ketones is 1. The zero-order chi connectivity index (χ0) is 12.9. The van der Waals surface area contributed by atoms with Crippen molar-refractivity contribution < 1.29 is 13.9 Å². The monoisotopic (exact) mass is 238 g/mol. The summed E-state index contributed by atoms with van der Waals surface area (Å²) in [6.07, 6.45) is 1.21. The molecule has 94 valence electrons.